The minimum Gasteiger partial charge on any atom is -0.482 e. The van der Waals surface area contributed by atoms with E-state index in [1.165, 1.54) is 6.42 Å². The van der Waals surface area contributed by atoms with Crippen LogP contribution < -0.4 is 10.1 Å². The molecule has 0 saturated carbocycles. The molecule has 1 N–H and O–H groups in total. The average molecular weight is 274 g/mol. The molecule has 2 aliphatic heterocycles. The molecule has 0 spiro atoms. The summed E-state index contributed by atoms with van der Waals surface area (Å²) in [5.41, 5.74) is 1.25. The molecule has 1 fully saturated rings. The summed E-state index contributed by atoms with van der Waals surface area (Å²) in [5, 5.41) is 2.73. The highest BCUT2D eigenvalue weighted by molar-refractivity contribution is 5.99. The molecule has 1 aromatic rings. The van der Waals surface area contributed by atoms with Gasteiger partial charge in [0, 0.05) is 18.2 Å². The molecule has 1 atom stereocenters. The molecule has 0 aliphatic carbocycles. The molecule has 0 aromatic heterocycles. The number of hydrogen-bond acceptors (Lipinski definition) is 3. The Balaban J connectivity index is 1.83. The summed E-state index contributed by atoms with van der Waals surface area (Å²) in [4.78, 5) is 25.7. The molecule has 1 aromatic carbocycles. The summed E-state index contributed by atoms with van der Waals surface area (Å²) in [6.07, 6.45) is 3.31. The van der Waals surface area contributed by atoms with Crippen LogP contribution in [-0.2, 0) is 4.79 Å². The van der Waals surface area contributed by atoms with E-state index >= 15 is 0 Å². The van der Waals surface area contributed by atoms with Crippen LogP contribution in [0.3, 0.4) is 0 Å². The lowest BCUT2D eigenvalue weighted by Crippen LogP contribution is -2.42. The van der Waals surface area contributed by atoms with Gasteiger partial charge in [-0.3, -0.25) is 9.59 Å². The van der Waals surface area contributed by atoms with Gasteiger partial charge in [-0.25, -0.2) is 0 Å². The third kappa shape index (κ3) is 2.35. The first-order valence-corrected chi connectivity index (χ1v) is 7.03. The van der Waals surface area contributed by atoms with Crippen LogP contribution in [0.1, 0.15) is 36.5 Å². The van der Waals surface area contributed by atoms with E-state index in [4.69, 9.17) is 4.74 Å². The molecule has 2 amide bonds. The van der Waals surface area contributed by atoms with Crippen LogP contribution in [-0.4, -0.2) is 35.9 Å². The molecule has 1 unspecified atom stereocenters. The first kappa shape index (κ1) is 13.0. The van der Waals surface area contributed by atoms with Crippen molar-refractivity contribution in [1.29, 1.82) is 0 Å². The van der Waals surface area contributed by atoms with E-state index in [9.17, 15) is 9.59 Å². The Bertz CT molecular complexity index is 556. The first-order valence-electron chi connectivity index (χ1n) is 7.03. The van der Waals surface area contributed by atoms with E-state index in [2.05, 4.69) is 12.2 Å². The topological polar surface area (TPSA) is 58.6 Å². The molecule has 5 nitrogen and oxygen atoms in total. The summed E-state index contributed by atoms with van der Waals surface area (Å²) in [5.74, 6) is 0.446. The number of carbonyl (C=O) groups is 2. The first-order chi connectivity index (χ1) is 9.65. The molecule has 0 radical (unpaired) electrons. The number of rotatable bonds is 1. The van der Waals surface area contributed by atoms with Gasteiger partial charge in [-0.1, -0.05) is 0 Å². The number of anilines is 1. The van der Waals surface area contributed by atoms with E-state index in [0.717, 1.165) is 19.4 Å². The van der Waals surface area contributed by atoms with E-state index in [1.54, 1.807) is 18.2 Å². The van der Waals surface area contributed by atoms with Crippen LogP contribution in [0.5, 0.6) is 5.75 Å². The number of benzene rings is 1. The second-order valence-corrected chi connectivity index (χ2v) is 5.39. The van der Waals surface area contributed by atoms with Gasteiger partial charge in [0.15, 0.2) is 6.61 Å². The lowest BCUT2D eigenvalue weighted by Gasteiger charge is -2.33. The van der Waals surface area contributed by atoms with Crippen molar-refractivity contribution < 1.29 is 14.3 Å². The Kier molecular flexibility index (Phi) is 3.34. The lowest BCUT2D eigenvalue weighted by atomic mass is 10.0. The third-order valence-electron chi connectivity index (χ3n) is 3.93. The number of nitrogens with one attached hydrogen (secondary N) is 1. The molecule has 3 rings (SSSR count). The van der Waals surface area contributed by atoms with E-state index < -0.39 is 0 Å². The van der Waals surface area contributed by atoms with Crippen LogP contribution in [0.15, 0.2) is 18.2 Å². The Morgan fingerprint density at radius 2 is 2.25 bits per heavy atom. The molecule has 106 valence electrons. The monoisotopic (exact) mass is 274 g/mol. The van der Waals surface area contributed by atoms with Crippen molar-refractivity contribution in [3.8, 4) is 5.75 Å². The van der Waals surface area contributed by atoms with Crippen molar-refractivity contribution in [2.75, 3.05) is 18.5 Å². The van der Waals surface area contributed by atoms with Gasteiger partial charge in [0.2, 0.25) is 0 Å². The quantitative estimate of drug-likeness (QED) is 0.852. The predicted octanol–water partition coefficient (Wildman–Crippen LogP) is 2.03. The van der Waals surface area contributed by atoms with Gasteiger partial charge in [-0.15, -0.1) is 0 Å². The van der Waals surface area contributed by atoms with Gasteiger partial charge < -0.3 is 15.0 Å². The Morgan fingerprint density at radius 3 is 3.05 bits per heavy atom. The van der Waals surface area contributed by atoms with Gasteiger partial charge in [0.1, 0.15) is 5.75 Å². The highest BCUT2D eigenvalue weighted by Crippen LogP contribution is 2.29. The van der Waals surface area contributed by atoms with Crippen LogP contribution in [0.25, 0.3) is 0 Å². The minimum atomic E-state index is -0.166. The smallest absolute Gasteiger partial charge is 0.262 e. The molecule has 2 heterocycles. The second kappa shape index (κ2) is 5.15. The number of likely N-dealkylation sites (tertiary alicyclic amines) is 1. The zero-order valence-corrected chi connectivity index (χ0v) is 11.5. The molecular formula is C15H18N2O3. The maximum atomic E-state index is 12.5. The Labute approximate surface area is 117 Å². The maximum Gasteiger partial charge on any atom is 0.262 e. The zero-order valence-electron chi connectivity index (χ0n) is 11.5. The van der Waals surface area contributed by atoms with Crippen molar-refractivity contribution in [2.24, 2.45) is 0 Å². The van der Waals surface area contributed by atoms with Gasteiger partial charge in [-0.05, 0) is 44.4 Å². The van der Waals surface area contributed by atoms with E-state index in [-0.39, 0.29) is 24.5 Å². The van der Waals surface area contributed by atoms with Crippen LogP contribution >= 0.6 is 0 Å². The highest BCUT2D eigenvalue weighted by atomic mass is 16.5. The fourth-order valence-electron chi connectivity index (χ4n) is 2.77. The van der Waals surface area contributed by atoms with Gasteiger partial charge in [-0.2, -0.15) is 0 Å². The highest BCUT2D eigenvalue weighted by Gasteiger charge is 2.25. The number of hydrogen-bond donors (Lipinski definition) is 1. The number of amides is 2. The average Bonchev–Trinajstić information content (AvgIpc) is 2.46. The fraction of sp³-hybridized carbons (Fsp3) is 0.467. The molecule has 20 heavy (non-hydrogen) atoms. The fourth-order valence-corrected chi connectivity index (χ4v) is 2.77. The largest absolute Gasteiger partial charge is 0.482 e. The van der Waals surface area contributed by atoms with Crippen molar-refractivity contribution in [3.63, 3.8) is 0 Å². The molecule has 2 aliphatic rings. The van der Waals surface area contributed by atoms with Crippen LogP contribution in [0.4, 0.5) is 5.69 Å². The van der Waals surface area contributed by atoms with E-state index in [0.29, 0.717) is 17.0 Å². The van der Waals surface area contributed by atoms with Gasteiger partial charge in [0.25, 0.3) is 11.8 Å². The number of nitrogens with zero attached hydrogens (tertiary/aromatic N) is 1. The maximum absolute atomic E-state index is 12.5. The van der Waals surface area contributed by atoms with Crippen molar-refractivity contribution >= 4 is 17.5 Å². The SMILES string of the molecule is CC1CCCCN1C(=O)c1ccc2c(c1)OCC(=O)N2. The van der Waals surface area contributed by atoms with Crippen molar-refractivity contribution in [2.45, 2.75) is 32.2 Å². The normalized spacial score (nSPS) is 21.8. The lowest BCUT2D eigenvalue weighted by molar-refractivity contribution is -0.118. The second-order valence-electron chi connectivity index (χ2n) is 5.39. The zero-order chi connectivity index (χ0) is 14.1. The summed E-state index contributed by atoms with van der Waals surface area (Å²) >= 11 is 0. The minimum absolute atomic E-state index is 0.00472. The van der Waals surface area contributed by atoms with Gasteiger partial charge in [0.05, 0.1) is 5.69 Å². The number of carbonyl (C=O) groups excluding carboxylic acids is 2. The molecule has 5 heteroatoms. The van der Waals surface area contributed by atoms with Crippen LogP contribution in [0, 0.1) is 0 Å². The van der Waals surface area contributed by atoms with Gasteiger partial charge >= 0.3 is 0 Å². The third-order valence-corrected chi connectivity index (χ3v) is 3.93. The molecule has 1 saturated heterocycles. The Hall–Kier alpha value is -2.04. The summed E-state index contributed by atoms with van der Waals surface area (Å²) < 4.78 is 5.36. The van der Waals surface area contributed by atoms with Crippen molar-refractivity contribution in [1.82, 2.24) is 4.90 Å². The summed E-state index contributed by atoms with van der Waals surface area (Å²) in [6, 6.07) is 5.48. The Morgan fingerprint density at radius 1 is 1.40 bits per heavy atom. The van der Waals surface area contributed by atoms with E-state index in [1.807, 2.05) is 4.90 Å². The number of fused-ring (bicyclic) bond motifs is 1. The number of piperidine rings is 1. The molecular weight excluding hydrogens is 256 g/mol. The molecule has 0 bridgehead atoms. The summed E-state index contributed by atoms with van der Waals surface area (Å²) in [7, 11) is 0. The standard InChI is InChI=1S/C15H18N2O3/c1-10-4-2-3-7-17(10)15(19)11-5-6-12-13(8-11)20-9-14(18)16-12/h5-6,8,10H,2-4,7,9H2,1H3,(H,16,18). The summed E-state index contributed by atoms with van der Waals surface area (Å²) in [6.45, 7) is 2.91. The number of ether oxygens (including phenoxy) is 1. The van der Waals surface area contributed by atoms with Crippen LogP contribution in [0.2, 0.25) is 0 Å². The van der Waals surface area contributed by atoms with Crippen molar-refractivity contribution in [3.05, 3.63) is 23.8 Å². The predicted molar refractivity (Wildman–Crippen MR) is 74.9 cm³/mol.